The van der Waals surface area contributed by atoms with Gasteiger partial charge in [-0.3, -0.25) is 0 Å². The van der Waals surface area contributed by atoms with Crippen LogP contribution in [0.2, 0.25) is 5.02 Å². The van der Waals surface area contributed by atoms with Gasteiger partial charge in [0.05, 0.1) is 5.02 Å². The lowest BCUT2D eigenvalue weighted by Crippen LogP contribution is -2.08. The van der Waals surface area contributed by atoms with Gasteiger partial charge in [0, 0.05) is 6.20 Å². The molecule has 56 valence electrons. The highest BCUT2D eigenvalue weighted by Gasteiger charge is 1.97. The van der Waals surface area contributed by atoms with Gasteiger partial charge in [0.15, 0.2) is 5.65 Å². The summed E-state index contributed by atoms with van der Waals surface area (Å²) < 4.78 is 1.35. The maximum atomic E-state index is 10.9. The lowest BCUT2D eigenvalue weighted by atomic mass is 10.5. The van der Waals surface area contributed by atoms with Crippen molar-refractivity contribution in [1.82, 2.24) is 14.6 Å². The van der Waals surface area contributed by atoms with Gasteiger partial charge in [-0.15, -0.1) is 0 Å². The number of nitrogens with one attached hydrogen (secondary N) is 1. The normalized spacial score (nSPS) is 10.6. The summed E-state index contributed by atoms with van der Waals surface area (Å²) in [6.45, 7) is 0. The van der Waals surface area contributed by atoms with Crippen LogP contribution in [0.15, 0.2) is 23.1 Å². The second-order valence-electron chi connectivity index (χ2n) is 2.10. The fourth-order valence-corrected chi connectivity index (χ4v) is 1.04. The Kier molecular flexibility index (Phi) is 1.22. The number of rotatable bonds is 0. The Morgan fingerprint density at radius 1 is 1.55 bits per heavy atom. The first kappa shape index (κ1) is 6.42. The number of nitrogens with zero attached hydrogens (tertiary/aromatic N) is 2. The molecule has 2 aromatic rings. The zero-order valence-electron chi connectivity index (χ0n) is 5.41. The first-order valence-corrected chi connectivity index (χ1v) is 3.37. The molecule has 1 N–H and O–H groups in total. The third-order valence-electron chi connectivity index (χ3n) is 1.38. The number of aromatic nitrogens is 3. The molecule has 5 heteroatoms. The summed E-state index contributed by atoms with van der Waals surface area (Å²) in [5, 5.41) is 6.54. The van der Waals surface area contributed by atoms with Gasteiger partial charge in [-0.1, -0.05) is 11.6 Å². The van der Waals surface area contributed by atoms with Gasteiger partial charge in [-0.25, -0.2) is 14.3 Å². The van der Waals surface area contributed by atoms with Crippen molar-refractivity contribution in [2.45, 2.75) is 0 Å². The van der Waals surface area contributed by atoms with Crippen LogP contribution in [0.25, 0.3) is 5.65 Å². The largest absolute Gasteiger partial charge is 0.347 e. The molecule has 4 nitrogen and oxygen atoms in total. The number of fused-ring (bicyclic) bond motifs is 1. The molecule has 0 amide bonds. The van der Waals surface area contributed by atoms with Crippen molar-refractivity contribution in [3.63, 3.8) is 0 Å². The molecule has 0 aliphatic rings. The minimum absolute atomic E-state index is 0.275. The van der Waals surface area contributed by atoms with E-state index >= 15 is 0 Å². The van der Waals surface area contributed by atoms with E-state index in [0.717, 1.165) is 0 Å². The molecule has 2 heterocycles. The monoisotopic (exact) mass is 169 g/mol. The van der Waals surface area contributed by atoms with E-state index in [-0.39, 0.29) is 5.69 Å². The summed E-state index contributed by atoms with van der Waals surface area (Å²) in [4.78, 5) is 10.9. The van der Waals surface area contributed by atoms with E-state index in [1.54, 1.807) is 12.1 Å². The van der Waals surface area contributed by atoms with Crippen LogP contribution in [0.4, 0.5) is 0 Å². The fraction of sp³-hybridized carbons (Fsp3) is 0. The molecule has 0 bridgehead atoms. The molecule has 11 heavy (non-hydrogen) atoms. The van der Waals surface area contributed by atoms with Crippen molar-refractivity contribution in [3.8, 4) is 0 Å². The van der Waals surface area contributed by atoms with Crippen molar-refractivity contribution in [2.75, 3.05) is 0 Å². The number of H-pyrrole nitrogens is 1. The molecule has 0 saturated heterocycles. The average molecular weight is 170 g/mol. The molecule has 0 saturated carbocycles. The lowest BCUT2D eigenvalue weighted by Gasteiger charge is -1.89. The van der Waals surface area contributed by atoms with Crippen molar-refractivity contribution < 1.29 is 0 Å². The first-order chi connectivity index (χ1) is 5.27. The van der Waals surface area contributed by atoms with E-state index in [0.29, 0.717) is 10.7 Å². The van der Waals surface area contributed by atoms with Crippen molar-refractivity contribution in [2.24, 2.45) is 0 Å². The highest BCUT2D eigenvalue weighted by Crippen LogP contribution is 2.06. The highest BCUT2D eigenvalue weighted by molar-refractivity contribution is 6.30. The van der Waals surface area contributed by atoms with Gasteiger partial charge < -0.3 is 0 Å². The van der Waals surface area contributed by atoms with Crippen LogP contribution in [0.1, 0.15) is 0 Å². The molecular formula is C6H4ClN3O. The fourth-order valence-electron chi connectivity index (χ4n) is 0.880. The standard InChI is InChI=1S/C6H4ClN3O/c7-4-1-2-5-8-9-6(11)10(5)3-4/h1-3H,(H,9,11). The van der Waals surface area contributed by atoms with Crippen molar-refractivity contribution in [3.05, 3.63) is 33.8 Å². The topological polar surface area (TPSA) is 50.2 Å². The van der Waals surface area contributed by atoms with Crippen molar-refractivity contribution in [1.29, 1.82) is 0 Å². The van der Waals surface area contributed by atoms with Crippen LogP contribution in [0.5, 0.6) is 0 Å². The maximum Gasteiger partial charge on any atom is 0.347 e. The Bertz CT molecular complexity index is 444. The zero-order valence-corrected chi connectivity index (χ0v) is 6.17. The quantitative estimate of drug-likeness (QED) is 0.631. The smallest absolute Gasteiger partial charge is 0.249 e. The lowest BCUT2D eigenvalue weighted by molar-refractivity contribution is 1.02. The van der Waals surface area contributed by atoms with Crippen LogP contribution in [0.3, 0.4) is 0 Å². The minimum atomic E-state index is -0.275. The number of hydrogen-bond donors (Lipinski definition) is 1. The van der Waals surface area contributed by atoms with Crippen LogP contribution < -0.4 is 5.69 Å². The molecular weight excluding hydrogens is 166 g/mol. The third-order valence-corrected chi connectivity index (χ3v) is 1.60. The predicted octanol–water partition coefficient (Wildman–Crippen LogP) is 0.676. The van der Waals surface area contributed by atoms with Crippen molar-refractivity contribution >= 4 is 17.2 Å². The summed E-state index contributed by atoms with van der Waals surface area (Å²) in [6, 6.07) is 3.34. The molecule has 0 unspecified atom stereocenters. The first-order valence-electron chi connectivity index (χ1n) is 3.00. The predicted molar refractivity (Wildman–Crippen MR) is 40.8 cm³/mol. The summed E-state index contributed by atoms with van der Waals surface area (Å²) in [5.41, 5.74) is 0.293. The summed E-state index contributed by atoms with van der Waals surface area (Å²) >= 11 is 5.65. The Hall–Kier alpha value is -1.29. The van der Waals surface area contributed by atoms with Crippen LogP contribution in [-0.4, -0.2) is 14.6 Å². The second-order valence-corrected chi connectivity index (χ2v) is 2.54. The van der Waals surface area contributed by atoms with Gasteiger partial charge in [0.1, 0.15) is 0 Å². The molecule has 2 rings (SSSR count). The molecule has 0 radical (unpaired) electrons. The molecule has 0 aromatic carbocycles. The van der Waals surface area contributed by atoms with Gasteiger partial charge in [-0.05, 0) is 12.1 Å². The molecule has 0 aliphatic heterocycles. The summed E-state index contributed by atoms with van der Waals surface area (Å²) in [5.74, 6) is 0. The Labute approximate surface area is 66.4 Å². The number of aromatic amines is 1. The summed E-state index contributed by atoms with van der Waals surface area (Å²) in [7, 11) is 0. The SMILES string of the molecule is O=c1[nH]nc2ccc(Cl)cn12. The van der Waals surface area contributed by atoms with Gasteiger partial charge in [0.25, 0.3) is 0 Å². The summed E-state index contributed by atoms with van der Waals surface area (Å²) in [6.07, 6.45) is 1.52. The molecule has 0 spiro atoms. The Morgan fingerprint density at radius 2 is 2.36 bits per heavy atom. The van der Waals surface area contributed by atoms with Gasteiger partial charge >= 0.3 is 5.69 Å². The van der Waals surface area contributed by atoms with E-state index in [9.17, 15) is 4.79 Å². The third kappa shape index (κ3) is 0.914. The molecule has 0 atom stereocenters. The highest BCUT2D eigenvalue weighted by atomic mass is 35.5. The zero-order chi connectivity index (χ0) is 7.84. The Morgan fingerprint density at radius 3 is 3.18 bits per heavy atom. The van der Waals surface area contributed by atoms with Crippen LogP contribution >= 0.6 is 11.6 Å². The number of halogens is 1. The van der Waals surface area contributed by atoms with E-state index in [4.69, 9.17) is 11.6 Å². The Balaban J connectivity index is 2.99. The van der Waals surface area contributed by atoms with E-state index in [1.807, 2.05) is 0 Å². The van der Waals surface area contributed by atoms with E-state index in [1.165, 1.54) is 10.6 Å². The minimum Gasteiger partial charge on any atom is -0.249 e. The van der Waals surface area contributed by atoms with Gasteiger partial charge in [-0.2, -0.15) is 5.10 Å². The van der Waals surface area contributed by atoms with E-state index in [2.05, 4.69) is 10.2 Å². The molecule has 0 fully saturated rings. The number of hydrogen-bond acceptors (Lipinski definition) is 2. The van der Waals surface area contributed by atoms with Crippen LogP contribution in [-0.2, 0) is 0 Å². The molecule has 2 aromatic heterocycles. The van der Waals surface area contributed by atoms with Gasteiger partial charge in [0.2, 0.25) is 0 Å². The van der Waals surface area contributed by atoms with Crippen LogP contribution in [0, 0.1) is 0 Å². The molecule has 0 aliphatic carbocycles. The maximum absolute atomic E-state index is 10.9. The van der Waals surface area contributed by atoms with E-state index < -0.39 is 0 Å². The average Bonchev–Trinajstić information content (AvgIpc) is 2.33. The second kappa shape index (κ2) is 2.10. The number of pyridine rings is 1.